The summed E-state index contributed by atoms with van der Waals surface area (Å²) in [6.45, 7) is 3.92. The molecule has 0 aromatic carbocycles. The summed E-state index contributed by atoms with van der Waals surface area (Å²) in [6.07, 6.45) is 11.1. The first-order chi connectivity index (χ1) is 6.74. The van der Waals surface area contributed by atoms with E-state index >= 15 is 0 Å². The molecule has 0 bridgehead atoms. The Bertz CT molecular complexity index is 272. The van der Waals surface area contributed by atoms with Crippen molar-refractivity contribution in [1.29, 1.82) is 0 Å². The molecule has 1 N–H and O–H groups in total. The summed E-state index contributed by atoms with van der Waals surface area (Å²) < 4.78 is 0. The molecule has 1 nitrogen and oxygen atoms in total. The van der Waals surface area contributed by atoms with Crippen LogP contribution in [-0.4, -0.2) is 11.2 Å². The van der Waals surface area contributed by atoms with E-state index in [9.17, 15) is 5.11 Å². The van der Waals surface area contributed by atoms with Crippen molar-refractivity contribution in [3.8, 4) is 0 Å². The first-order valence-corrected chi connectivity index (χ1v) is 6.03. The fourth-order valence-corrected chi connectivity index (χ4v) is 4.67. The van der Waals surface area contributed by atoms with Crippen molar-refractivity contribution in [2.45, 2.75) is 51.0 Å². The lowest BCUT2D eigenvalue weighted by Gasteiger charge is -2.41. The molecule has 3 aliphatic rings. The zero-order valence-corrected chi connectivity index (χ0v) is 8.84. The van der Waals surface area contributed by atoms with E-state index in [4.69, 9.17) is 0 Å². The van der Waals surface area contributed by atoms with Gasteiger partial charge in [-0.2, -0.15) is 0 Å². The minimum Gasteiger partial charge on any atom is -0.393 e. The molecule has 3 fully saturated rings. The average molecular weight is 192 g/mol. The molecule has 0 amide bonds. The largest absolute Gasteiger partial charge is 0.393 e. The Balaban J connectivity index is 1.93. The molecule has 4 unspecified atom stereocenters. The van der Waals surface area contributed by atoms with Crippen molar-refractivity contribution in [2.75, 3.05) is 0 Å². The predicted molar refractivity (Wildman–Crippen MR) is 56.9 cm³/mol. The summed E-state index contributed by atoms with van der Waals surface area (Å²) in [4.78, 5) is 0. The fourth-order valence-electron chi connectivity index (χ4n) is 4.67. The highest BCUT2D eigenvalue weighted by Crippen LogP contribution is 2.77. The molecule has 3 saturated carbocycles. The summed E-state index contributed by atoms with van der Waals surface area (Å²) in [5, 5.41) is 9.92. The molecule has 14 heavy (non-hydrogen) atoms. The Morgan fingerprint density at radius 1 is 1.36 bits per heavy atom. The summed E-state index contributed by atoms with van der Waals surface area (Å²) in [6, 6.07) is 0. The van der Waals surface area contributed by atoms with Crippen molar-refractivity contribution in [2.24, 2.45) is 16.7 Å². The third-order valence-electron chi connectivity index (χ3n) is 5.39. The molecule has 1 heteroatoms. The molecule has 3 aliphatic carbocycles. The molecule has 0 saturated heterocycles. The van der Waals surface area contributed by atoms with E-state index in [0.29, 0.717) is 16.7 Å². The molecular weight excluding hydrogens is 172 g/mol. The van der Waals surface area contributed by atoms with Gasteiger partial charge in [0.25, 0.3) is 0 Å². The van der Waals surface area contributed by atoms with E-state index in [1.807, 2.05) is 0 Å². The number of hydrogen-bond acceptors (Lipinski definition) is 1. The van der Waals surface area contributed by atoms with Gasteiger partial charge < -0.3 is 5.11 Å². The van der Waals surface area contributed by atoms with Crippen LogP contribution >= 0.6 is 0 Å². The van der Waals surface area contributed by atoms with Gasteiger partial charge in [0.1, 0.15) is 0 Å². The number of rotatable bonds is 2. The van der Waals surface area contributed by atoms with Crippen molar-refractivity contribution < 1.29 is 5.11 Å². The Morgan fingerprint density at radius 3 is 3.00 bits per heavy atom. The summed E-state index contributed by atoms with van der Waals surface area (Å²) in [5.41, 5.74) is 1.11. The molecule has 3 rings (SSSR count). The third-order valence-corrected chi connectivity index (χ3v) is 5.39. The van der Waals surface area contributed by atoms with Gasteiger partial charge >= 0.3 is 0 Å². The lowest BCUT2D eigenvalue weighted by molar-refractivity contribution is 0.0202. The van der Waals surface area contributed by atoms with E-state index in [-0.39, 0.29) is 6.10 Å². The number of hydrogen-bond donors (Lipinski definition) is 1. The first kappa shape index (κ1) is 8.96. The Hall–Kier alpha value is -0.300. The molecular formula is C13H20O. The second kappa shape index (κ2) is 2.63. The molecule has 1 spiro atoms. The lowest BCUT2D eigenvalue weighted by Crippen LogP contribution is -2.36. The number of aliphatic hydroxyl groups is 1. The molecule has 4 atom stereocenters. The van der Waals surface area contributed by atoms with E-state index < -0.39 is 0 Å². The highest BCUT2D eigenvalue weighted by molar-refractivity contribution is 5.21. The van der Waals surface area contributed by atoms with Crippen LogP contribution in [0.1, 0.15) is 44.9 Å². The Labute approximate surface area is 86.2 Å². The van der Waals surface area contributed by atoms with Gasteiger partial charge in [-0.05, 0) is 55.3 Å². The van der Waals surface area contributed by atoms with Gasteiger partial charge in [0.05, 0.1) is 6.10 Å². The van der Waals surface area contributed by atoms with Crippen LogP contribution in [-0.2, 0) is 0 Å². The molecule has 78 valence electrons. The van der Waals surface area contributed by atoms with Gasteiger partial charge in [0.15, 0.2) is 0 Å². The topological polar surface area (TPSA) is 20.2 Å². The maximum atomic E-state index is 9.92. The zero-order chi connectivity index (χ0) is 9.81. The van der Waals surface area contributed by atoms with Crippen molar-refractivity contribution >= 4 is 0 Å². The van der Waals surface area contributed by atoms with Gasteiger partial charge in [-0.3, -0.25) is 0 Å². The summed E-state index contributed by atoms with van der Waals surface area (Å²) >= 11 is 0. The highest BCUT2D eigenvalue weighted by atomic mass is 16.3. The standard InChI is InChI=1S/C13H20O/c1-2-5-12-6-3-7-13(12)9-10(13)11(14)4-8-12/h2,10-11,14H,1,3-9H2. The minimum atomic E-state index is 0.0195. The summed E-state index contributed by atoms with van der Waals surface area (Å²) in [5.74, 6) is 0.652. The van der Waals surface area contributed by atoms with Crippen molar-refractivity contribution in [1.82, 2.24) is 0 Å². The Morgan fingerprint density at radius 2 is 2.21 bits per heavy atom. The average Bonchev–Trinajstić information content (AvgIpc) is 2.79. The van der Waals surface area contributed by atoms with Crippen LogP contribution in [0.4, 0.5) is 0 Å². The van der Waals surface area contributed by atoms with Crippen LogP contribution in [0, 0.1) is 16.7 Å². The molecule has 0 heterocycles. The Kier molecular flexibility index (Phi) is 1.69. The van der Waals surface area contributed by atoms with Crippen LogP contribution < -0.4 is 0 Å². The predicted octanol–water partition coefficient (Wildman–Crippen LogP) is 2.89. The van der Waals surface area contributed by atoms with Gasteiger partial charge in [0, 0.05) is 0 Å². The highest BCUT2D eigenvalue weighted by Gasteiger charge is 2.70. The normalized spacial score (nSPS) is 54.9. The van der Waals surface area contributed by atoms with E-state index in [1.165, 1.54) is 38.5 Å². The molecule has 0 radical (unpaired) electrons. The monoisotopic (exact) mass is 192 g/mol. The van der Waals surface area contributed by atoms with Crippen LogP contribution in [0.15, 0.2) is 12.7 Å². The van der Waals surface area contributed by atoms with E-state index in [1.54, 1.807) is 0 Å². The second-order valence-electron chi connectivity index (χ2n) is 5.70. The first-order valence-electron chi connectivity index (χ1n) is 6.03. The fraction of sp³-hybridized carbons (Fsp3) is 0.846. The van der Waals surface area contributed by atoms with Crippen LogP contribution in [0.2, 0.25) is 0 Å². The number of allylic oxidation sites excluding steroid dienone is 1. The van der Waals surface area contributed by atoms with Crippen molar-refractivity contribution in [3.05, 3.63) is 12.7 Å². The van der Waals surface area contributed by atoms with Crippen molar-refractivity contribution in [3.63, 3.8) is 0 Å². The van der Waals surface area contributed by atoms with Gasteiger partial charge in [-0.25, -0.2) is 0 Å². The van der Waals surface area contributed by atoms with E-state index in [0.717, 1.165) is 6.42 Å². The summed E-state index contributed by atoms with van der Waals surface area (Å²) in [7, 11) is 0. The minimum absolute atomic E-state index is 0.0195. The van der Waals surface area contributed by atoms with Crippen LogP contribution in [0.5, 0.6) is 0 Å². The maximum Gasteiger partial charge on any atom is 0.0574 e. The van der Waals surface area contributed by atoms with Gasteiger partial charge in [0.2, 0.25) is 0 Å². The van der Waals surface area contributed by atoms with Gasteiger partial charge in [-0.1, -0.05) is 12.5 Å². The number of aliphatic hydroxyl groups excluding tert-OH is 1. The van der Waals surface area contributed by atoms with Crippen LogP contribution in [0.3, 0.4) is 0 Å². The zero-order valence-electron chi connectivity index (χ0n) is 8.84. The molecule has 0 aliphatic heterocycles. The molecule has 0 aromatic rings. The molecule has 0 aromatic heterocycles. The van der Waals surface area contributed by atoms with Gasteiger partial charge in [-0.15, -0.1) is 6.58 Å². The lowest BCUT2D eigenvalue weighted by atomic mass is 9.64. The van der Waals surface area contributed by atoms with E-state index in [2.05, 4.69) is 12.7 Å². The quantitative estimate of drug-likeness (QED) is 0.667. The SMILES string of the molecule is C=CCC12CCCC13CC3C(O)CC2. The third kappa shape index (κ3) is 0.850. The second-order valence-corrected chi connectivity index (χ2v) is 5.70. The van der Waals surface area contributed by atoms with Crippen LogP contribution in [0.25, 0.3) is 0 Å². The smallest absolute Gasteiger partial charge is 0.0574 e. The maximum absolute atomic E-state index is 9.92.